The number of sulfonamides is 1. The molecule has 0 saturated heterocycles. The van der Waals surface area contributed by atoms with Crippen molar-refractivity contribution in [3.8, 4) is 5.75 Å². The van der Waals surface area contributed by atoms with Gasteiger partial charge in [-0.15, -0.1) is 24.0 Å². The Morgan fingerprint density at radius 3 is 2.77 bits per heavy atom. The summed E-state index contributed by atoms with van der Waals surface area (Å²) in [5.41, 5.74) is 0.860. The van der Waals surface area contributed by atoms with Gasteiger partial charge >= 0.3 is 0 Å². The van der Waals surface area contributed by atoms with Crippen LogP contribution in [0.5, 0.6) is 5.75 Å². The van der Waals surface area contributed by atoms with Crippen LogP contribution >= 0.6 is 24.0 Å². The lowest BCUT2D eigenvalue weighted by molar-refractivity contribution is 0.402. The van der Waals surface area contributed by atoms with E-state index in [2.05, 4.69) is 22.5 Å². The van der Waals surface area contributed by atoms with Crippen molar-refractivity contribution in [3.63, 3.8) is 0 Å². The molecule has 1 unspecified atom stereocenters. The van der Waals surface area contributed by atoms with Crippen LogP contribution in [0.1, 0.15) is 12.5 Å². The molecule has 0 aliphatic carbocycles. The van der Waals surface area contributed by atoms with Gasteiger partial charge in [0.1, 0.15) is 10.6 Å². The molecule has 22 heavy (non-hydrogen) atoms. The number of nitrogens with zero attached hydrogens (tertiary/aromatic N) is 1. The smallest absolute Gasteiger partial charge is 0.241 e. The summed E-state index contributed by atoms with van der Waals surface area (Å²) < 4.78 is 28.1. The molecule has 0 bridgehead atoms. The molecule has 0 aromatic heterocycles. The van der Waals surface area contributed by atoms with Crippen molar-refractivity contribution in [2.24, 2.45) is 10.1 Å². The number of primary sulfonamides is 1. The van der Waals surface area contributed by atoms with Crippen LogP contribution in [-0.2, 0) is 16.4 Å². The van der Waals surface area contributed by atoms with E-state index in [1.54, 1.807) is 12.1 Å². The number of ether oxygens (including phenoxy) is 1. The van der Waals surface area contributed by atoms with E-state index >= 15 is 0 Å². The van der Waals surface area contributed by atoms with Crippen LogP contribution in [-0.4, -0.2) is 40.6 Å². The summed E-state index contributed by atoms with van der Waals surface area (Å²) in [6.07, 6.45) is 0.654. The second kappa shape index (κ2) is 7.97. The minimum Gasteiger partial charge on any atom is -0.495 e. The quantitative estimate of drug-likeness (QED) is 0.577. The molecule has 1 aliphatic rings. The Kier molecular flexibility index (Phi) is 6.88. The summed E-state index contributed by atoms with van der Waals surface area (Å²) in [6.45, 7) is 3.47. The molecule has 1 aromatic carbocycles. The van der Waals surface area contributed by atoms with Crippen molar-refractivity contribution in [1.29, 1.82) is 0 Å². The number of nitrogens with two attached hydrogens (primary N) is 1. The minimum atomic E-state index is -3.80. The van der Waals surface area contributed by atoms with Gasteiger partial charge < -0.3 is 15.4 Å². The van der Waals surface area contributed by atoms with Crippen molar-refractivity contribution in [1.82, 2.24) is 10.6 Å². The number of rotatable bonds is 5. The molecule has 1 aliphatic heterocycles. The van der Waals surface area contributed by atoms with Crippen LogP contribution in [0.3, 0.4) is 0 Å². The zero-order valence-corrected chi connectivity index (χ0v) is 15.6. The molecule has 1 aromatic rings. The molecule has 4 N–H and O–H groups in total. The van der Waals surface area contributed by atoms with Gasteiger partial charge in [-0.25, -0.2) is 13.6 Å². The summed E-state index contributed by atoms with van der Waals surface area (Å²) in [5, 5.41) is 11.6. The van der Waals surface area contributed by atoms with E-state index in [0.29, 0.717) is 19.0 Å². The van der Waals surface area contributed by atoms with E-state index in [-0.39, 0.29) is 34.6 Å². The van der Waals surface area contributed by atoms with Crippen LogP contribution in [0, 0.1) is 0 Å². The summed E-state index contributed by atoms with van der Waals surface area (Å²) in [5.74, 6) is 1.03. The second-order valence-corrected chi connectivity index (χ2v) is 6.47. The van der Waals surface area contributed by atoms with E-state index in [4.69, 9.17) is 9.88 Å². The Hall–Kier alpha value is -1.07. The van der Waals surface area contributed by atoms with Gasteiger partial charge in [0.05, 0.1) is 13.7 Å². The first-order chi connectivity index (χ1) is 9.90. The first-order valence-electron chi connectivity index (χ1n) is 6.64. The van der Waals surface area contributed by atoms with Crippen molar-refractivity contribution in [2.75, 3.05) is 20.2 Å². The molecule has 0 fully saturated rings. The fourth-order valence-electron chi connectivity index (χ4n) is 2.08. The third-order valence-electron chi connectivity index (χ3n) is 3.15. The first kappa shape index (κ1) is 19.0. The predicted octanol–water partition coefficient (Wildman–Crippen LogP) is 0.440. The van der Waals surface area contributed by atoms with Crippen LogP contribution in [0.25, 0.3) is 0 Å². The standard InChI is InChI=1S/C13H20N4O3S.HI/c1-9-8-16-13(17-9)15-6-5-10-3-4-11(20-2)12(7-10)21(14,18)19;/h3-4,7,9H,5-6,8H2,1-2H3,(H2,14,18,19)(H2,15,16,17);1H. The molecular weight excluding hydrogens is 419 g/mol. The van der Waals surface area contributed by atoms with Crippen molar-refractivity contribution in [3.05, 3.63) is 23.8 Å². The van der Waals surface area contributed by atoms with Crippen molar-refractivity contribution < 1.29 is 13.2 Å². The van der Waals surface area contributed by atoms with Gasteiger partial charge in [0.2, 0.25) is 10.0 Å². The highest BCUT2D eigenvalue weighted by Crippen LogP contribution is 2.23. The predicted molar refractivity (Wildman–Crippen MR) is 96.4 cm³/mol. The Bertz CT molecular complexity index is 649. The van der Waals surface area contributed by atoms with Crippen molar-refractivity contribution in [2.45, 2.75) is 24.3 Å². The molecule has 2 rings (SSSR count). The lowest BCUT2D eigenvalue weighted by Gasteiger charge is -2.11. The van der Waals surface area contributed by atoms with Gasteiger partial charge in [0.15, 0.2) is 5.96 Å². The van der Waals surface area contributed by atoms with Gasteiger partial charge in [0.25, 0.3) is 0 Å². The van der Waals surface area contributed by atoms with Crippen LogP contribution in [0.4, 0.5) is 0 Å². The lowest BCUT2D eigenvalue weighted by atomic mass is 10.1. The summed E-state index contributed by atoms with van der Waals surface area (Å²) in [6, 6.07) is 5.33. The van der Waals surface area contributed by atoms with Gasteiger partial charge in [-0.1, -0.05) is 6.07 Å². The molecule has 0 amide bonds. The van der Waals surface area contributed by atoms with Crippen LogP contribution in [0.2, 0.25) is 0 Å². The van der Waals surface area contributed by atoms with Crippen molar-refractivity contribution >= 4 is 40.0 Å². The fourth-order valence-corrected chi connectivity index (χ4v) is 2.83. The van der Waals surface area contributed by atoms with E-state index in [1.807, 2.05) is 6.07 Å². The van der Waals surface area contributed by atoms with E-state index in [9.17, 15) is 8.42 Å². The maximum atomic E-state index is 11.5. The third-order valence-corrected chi connectivity index (χ3v) is 4.08. The van der Waals surface area contributed by atoms with Gasteiger partial charge in [0, 0.05) is 12.6 Å². The zero-order chi connectivity index (χ0) is 15.5. The van der Waals surface area contributed by atoms with Gasteiger partial charge in [-0.3, -0.25) is 4.99 Å². The minimum absolute atomic E-state index is 0. The summed E-state index contributed by atoms with van der Waals surface area (Å²) in [7, 11) is -2.38. The lowest BCUT2D eigenvalue weighted by Crippen LogP contribution is -2.38. The highest BCUT2D eigenvalue weighted by Gasteiger charge is 2.16. The SMILES string of the molecule is COc1ccc(CCNC2=NCC(C)N2)cc1S(N)(=O)=O.I. The molecule has 0 saturated carbocycles. The number of nitrogens with one attached hydrogen (secondary N) is 2. The molecule has 9 heteroatoms. The average Bonchev–Trinajstić information content (AvgIpc) is 2.83. The number of guanidine groups is 1. The number of aliphatic imine (C=N–C) groups is 1. The van der Waals surface area contributed by atoms with E-state index < -0.39 is 10.0 Å². The zero-order valence-electron chi connectivity index (χ0n) is 12.5. The number of benzene rings is 1. The second-order valence-electron chi connectivity index (χ2n) is 4.94. The highest BCUT2D eigenvalue weighted by atomic mass is 127. The Morgan fingerprint density at radius 2 is 2.23 bits per heavy atom. The molecule has 1 heterocycles. The van der Waals surface area contributed by atoms with Gasteiger partial charge in [-0.2, -0.15) is 0 Å². The number of halogens is 1. The molecule has 0 radical (unpaired) electrons. The molecule has 124 valence electrons. The molecule has 1 atom stereocenters. The molecule has 0 spiro atoms. The maximum absolute atomic E-state index is 11.5. The van der Waals surface area contributed by atoms with E-state index in [0.717, 1.165) is 18.1 Å². The fraction of sp³-hybridized carbons (Fsp3) is 0.462. The molecular formula is C13H21IN4O3S. The number of hydrogen-bond acceptors (Lipinski definition) is 6. The largest absolute Gasteiger partial charge is 0.495 e. The first-order valence-corrected chi connectivity index (χ1v) is 8.19. The van der Waals surface area contributed by atoms with E-state index in [1.165, 1.54) is 7.11 Å². The summed E-state index contributed by atoms with van der Waals surface area (Å²) >= 11 is 0. The summed E-state index contributed by atoms with van der Waals surface area (Å²) in [4.78, 5) is 4.30. The topological polar surface area (TPSA) is 106 Å². The monoisotopic (exact) mass is 440 g/mol. The van der Waals surface area contributed by atoms with Crippen LogP contribution in [0.15, 0.2) is 28.1 Å². The normalized spacial score (nSPS) is 17.2. The number of hydrogen-bond donors (Lipinski definition) is 3. The third kappa shape index (κ3) is 4.99. The van der Waals surface area contributed by atoms with Crippen LogP contribution < -0.4 is 20.5 Å². The molecule has 7 nitrogen and oxygen atoms in total. The Balaban J connectivity index is 0.00000242. The maximum Gasteiger partial charge on any atom is 0.241 e. The Morgan fingerprint density at radius 1 is 1.50 bits per heavy atom. The average molecular weight is 440 g/mol. The number of methoxy groups -OCH3 is 1. The Labute approximate surface area is 147 Å². The van der Waals surface area contributed by atoms with Gasteiger partial charge in [-0.05, 0) is 31.0 Å². The highest BCUT2D eigenvalue weighted by molar-refractivity contribution is 14.0.